The third kappa shape index (κ3) is 18.4. The van der Waals surface area contributed by atoms with Gasteiger partial charge in [-0.05, 0) is 62.5 Å². The molecule has 0 bridgehead atoms. The Kier molecular flexibility index (Phi) is 22.4. The van der Waals surface area contributed by atoms with Gasteiger partial charge in [0.15, 0.2) is 5.96 Å². The Morgan fingerprint density at radius 1 is 0.696 bits per heavy atom. The van der Waals surface area contributed by atoms with Gasteiger partial charge < -0.3 is 59.7 Å². The SMILES string of the molecule is CC[C@H](C)[C@H](NC(=O)[C@H](CCCN=C(N)N)NC(=O)[C@H](CCCCN)NC(=O)[C@H](Cc1ccccc1)NC(=O)[C@@H](N)CCC(=O)O)C(=O)N[C@H](C(=O)O)C(C)C. The van der Waals surface area contributed by atoms with Crippen molar-refractivity contribution in [3.05, 3.63) is 35.9 Å². The Hall–Kier alpha value is -5.30. The molecule has 56 heavy (non-hydrogen) atoms. The van der Waals surface area contributed by atoms with Gasteiger partial charge >= 0.3 is 11.9 Å². The van der Waals surface area contributed by atoms with Crippen LogP contribution in [0.2, 0.25) is 0 Å². The minimum atomic E-state index is -1.25. The fraction of sp³-hybridized carbons (Fsp3) is 0.622. The molecule has 1 rings (SSSR count). The van der Waals surface area contributed by atoms with Crippen molar-refractivity contribution in [2.75, 3.05) is 13.1 Å². The van der Waals surface area contributed by atoms with Crippen molar-refractivity contribution >= 4 is 47.4 Å². The van der Waals surface area contributed by atoms with Crippen LogP contribution in [0, 0.1) is 11.8 Å². The lowest BCUT2D eigenvalue weighted by atomic mass is 9.96. The summed E-state index contributed by atoms with van der Waals surface area (Å²) in [5, 5.41) is 31.8. The number of rotatable bonds is 27. The number of aliphatic imine (C=N–C) groups is 1. The number of nitrogens with one attached hydrogen (secondary N) is 5. The number of carbonyl (C=O) groups is 7. The highest BCUT2D eigenvalue weighted by molar-refractivity contribution is 5.96. The van der Waals surface area contributed by atoms with E-state index in [1.807, 2.05) is 0 Å². The maximum atomic E-state index is 14.0. The number of amides is 5. The van der Waals surface area contributed by atoms with Crippen LogP contribution in [-0.2, 0) is 40.0 Å². The van der Waals surface area contributed by atoms with Gasteiger partial charge in [0.25, 0.3) is 0 Å². The molecule has 0 radical (unpaired) electrons. The largest absolute Gasteiger partial charge is 0.481 e. The number of unbranched alkanes of at least 4 members (excludes halogenated alkanes) is 1. The fourth-order valence-corrected chi connectivity index (χ4v) is 5.54. The normalized spacial score (nSPS) is 14.8. The van der Waals surface area contributed by atoms with Crippen molar-refractivity contribution in [1.82, 2.24) is 26.6 Å². The van der Waals surface area contributed by atoms with Gasteiger partial charge in [-0.2, -0.15) is 0 Å². The van der Waals surface area contributed by atoms with Crippen molar-refractivity contribution < 1.29 is 43.8 Å². The number of hydrogen-bond acceptors (Lipinski definition) is 10. The molecule has 0 aliphatic rings. The standard InChI is InChI=1S/C37H62N10O9/c1-5-22(4)30(35(54)46-29(21(2)3)36(55)56)47-33(52)26(15-11-19-42-37(40)41)43-32(51)25(14-9-10-18-38)44-34(53)27(20-23-12-7-6-8-13-23)45-31(50)24(39)16-17-28(48)49/h6-8,12-13,21-22,24-27,29-30H,5,9-11,14-20,38-39H2,1-4H3,(H,43,51)(H,44,53)(H,45,50)(H,46,54)(H,47,52)(H,48,49)(H,55,56)(H4,40,41,42)/t22-,24-,25-,26-,27-,29-,30-/m0/s1. The molecule has 0 fully saturated rings. The number of benzene rings is 1. The maximum Gasteiger partial charge on any atom is 0.326 e. The van der Waals surface area contributed by atoms with Gasteiger partial charge in [-0.15, -0.1) is 0 Å². The molecule has 15 N–H and O–H groups in total. The summed E-state index contributed by atoms with van der Waals surface area (Å²) in [6.45, 7) is 7.20. The molecule has 0 unspecified atom stereocenters. The molecule has 7 atom stereocenters. The third-order valence-electron chi connectivity index (χ3n) is 9.10. The lowest BCUT2D eigenvalue weighted by Gasteiger charge is -2.29. The Bertz CT molecular complexity index is 1470. The third-order valence-corrected chi connectivity index (χ3v) is 9.10. The molecule has 0 aromatic heterocycles. The van der Waals surface area contributed by atoms with Crippen LogP contribution in [0.25, 0.3) is 0 Å². The van der Waals surface area contributed by atoms with Gasteiger partial charge in [0.1, 0.15) is 30.2 Å². The number of hydrogen-bond donors (Lipinski definition) is 11. The van der Waals surface area contributed by atoms with E-state index in [9.17, 15) is 38.7 Å². The van der Waals surface area contributed by atoms with E-state index in [1.54, 1.807) is 58.0 Å². The summed E-state index contributed by atoms with van der Waals surface area (Å²) in [4.78, 5) is 94.9. The molecule has 19 nitrogen and oxygen atoms in total. The Morgan fingerprint density at radius 2 is 1.23 bits per heavy atom. The molecule has 1 aromatic rings. The summed E-state index contributed by atoms with van der Waals surface area (Å²) in [6, 6.07) is 1.47. The zero-order valence-corrected chi connectivity index (χ0v) is 32.8. The number of guanidine groups is 1. The van der Waals surface area contributed by atoms with Gasteiger partial charge in [-0.1, -0.05) is 64.4 Å². The maximum absolute atomic E-state index is 14.0. The van der Waals surface area contributed by atoms with Gasteiger partial charge in [-0.3, -0.25) is 33.8 Å². The molecular formula is C37H62N10O9. The zero-order valence-electron chi connectivity index (χ0n) is 32.8. The van der Waals surface area contributed by atoms with E-state index in [4.69, 9.17) is 28.0 Å². The van der Waals surface area contributed by atoms with E-state index in [0.717, 1.165) is 0 Å². The summed E-state index contributed by atoms with van der Waals surface area (Å²) in [6.07, 6.45) is 1.17. The molecule has 0 saturated heterocycles. The molecule has 0 spiro atoms. The van der Waals surface area contributed by atoms with E-state index in [-0.39, 0.29) is 51.0 Å². The molecule has 0 aliphatic carbocycles. The first-order valence-electron chi connectivity index (χ1n) is 18.9. The summed E-state index contributed by atoms with van der Waals surface area (Å²) in [5.41, 5.74) is 23.2. The van der Waals surface area contributed by atoms with Crippen LogP contribution in [0.1, 0.15) is 84.6 Å². The molecule has 0 aliphatic heterocycles. The molecule has 0 heterocycles. The number of carbonyl (C=O) groups excluding carboxylic acids is 5. The van der Waals surface area contributed by atoms with Crippen molar-refractivity contribution in [2.24, 2.45) is 39.8 Å². The van der Waals surface area contributed by atoms with E-state index in [2.05, 4.69) is 31.6 Å². The molecular weight excluding hydrogens is 728 g/mol. The molecule has 1 aromatic carbocycles. The van der Waals surface area contributed by atoms with Crippen LogP contribution in [0.15, 0.2) is 35.3 Å². The number of carboxylic acids is 2. The monoisotopic (exact) mass is 790 g/mol. The first kappa shape index (κ1) is 48.7. The lowest BCUT2D eigenvalue weighted by Crippen LogP contribution is -2.60. The van der Waals surface area contributed by atoms with Gasteiger partial charge in [0.2, 0.25) is 29.5 Å². The van der Waals surface area contributed by atoms with Crippen LogP contribution in [0.5, 0.6) is 0 Å². The molecule has 0 saturated carbocycles. The Morgan fingerprint density at radius 3 is 1.75 bits per heavy atom. The van der Waals surface area contributed by atoms with Gasteiger partial charge in [-0.25, -0.2) is 4.79 Å². The number of aliphatic carboxylic acids is 2. The van der Waals surface area contributed by atoms with Crippen LogP contribution < -0.4 is 49.5 Å². The molecule has 314 valence electrons. The summed E-state index contributed by atoms with van der Waals surface area (Å²) >= 11 is 0. The minimum Gasteiger partial charge on any atom is -0.481 e. The average Bonchev–Trinajstić information content (AvgIpc) is 3.14. The summed E-state index contributed by atoms with van der Waals surface area (Å²) < 4.78 is 0. The number of nitrogens with two attached hydrogens (primary N) is 4. The first-order chi connectivity index (χ1) is 26.4. The van der Waals surface area contributed by atoms with Crippen molar-refractivity contribution in [2.45, 2.75) is 122 Å². The van der Waals surface area contributed by atoms with E-state index < -0.39 is 89.6 Å². The summed E-state index contributed by atoms with van der Waals surface area (Å²) in [7, 11) is 0. The van der Waals surface area contributed by atoms with E-state index in [1.165, 1.54) is 0 Å². The van der Waals surface area contributed by atoms with Gasteiger partial charge in [0.05, 0.1) is 6.04 Å². The predicted molar refractivity (Wildman–Crippen MR) is 209 cm³/mol. The molecule has 19 heteroatoms. The number of carboxylic acid groups (broad SMARTS) is 2. The second-order valence-corrected chi connectivity index (χ2v) is 14.1. The molecule has 5 amide bonds. The first-order valence-corrected chi connectivity index (χ1v) is 18.9. The second-order valence-electron chi connectivity index (χ2n) is 14.1. The highest BCUT2D eigenvalue weighted by Gasteiger charge is 2.35. The van der Waals surface area contributed by atoms with Crippen LogP contribution in [-0.4, -0.2) is 107 Å². The van der Waals surface area contributed by atoms with Crippen molar-refractivity contribution in [3.8, 4) is 0 Å². The van der Waals surface area contributed by atoms with Crippen LogP contribution in [0.3, 0.4) is 0 Å². The predicted octanol–water partition coefficient (Wildman–Crippen LogP) is -1.19. The number of nitrogens with zero attached hydrogens (tertiary/aromatic N) is 1. The Balaban J connectivity index is 3.43. The minimum absolute atomic E-state index is 0.00956. The van der Waals surface area contributed by atoms with Crippen molar-refractivity contribution in [3.63, 3.8) is 0 Å². The highest BCUT2D eigenvalue weighted by atomic mass is 16.4. The fourth-order valence-electron chi connectivity index (χ4n) is 5.54. The van der Waals surface area contributed by atoms with Crippen LogP contribution >= 0.6 is 0 Å². The average molecular weight is 791 g/mol. The van der Waals surface area contributed by atoms with Gasteiger partial charge in [0, 0.05) is 19.4 Å². The quantitative estimate of drug-likeness (QED) is 0.0284. The zero-order chi connectivity index (χ0) is 42.4. The van der Waals surface area contributed by atoms with E-state index in [0.29, 0.717) is 31.4 Å². The summed E-state index contributed by atoms with van der Waals surface area (Å²) in [5.74, 6) is -7.12. The smallest absolute Gasteiger partial charge is 0.326 e. The lowest BCUT2D eigenvalue weighted by molar-refractivity contribution is -0.144. The van der Waals surface area contributed by atoms with Crippen LogP contribution in [0.4, 0.5) is 0 Å². The van der Waals surface area contributed by atoms with E-state index >= 15 is 0 Å². The topological polar surface area (TPSA) is 337 Å². The van der Waals surface area contributed by atoms with Crippen molar-refractivity contribution in [1.29, 1.82) is 0 Å². The Labute approximate surface area is 327 Å². The second kappa shape index (κ2) is 25.7. The highest BCUT2D eigenvalue weighted by Crippen LogP contribution is 2.13.